The Bertz CT molecular complexity index is 1180. The molecule has 8 nitrogen and oxygen atoms in total. The monoisotopic (exact) mass is 432 g/mol. The fourth-order valence-electron chi connectivity index (χ4n) is 2.39. The van der Waals surface area contributed by atoms with Gasteiger partial charge in [0.15, 0.2) is 0 Å². The molecule has 0 unspecified atom stereocenters. The maximum atomic E-state index is 11.1. The Morgan fingerprint density at radius 3 is 2.03 bits per heavy atom. The first-order valence-electron chi connectivity index (χ1n) is 8.49. The molecule has 0 radical (unpaired) electrons. The average molecular weight is 432 g/mol. The summed E-state index contributed by atoms with van der Waals surface area (Å²) in [6.45, 7) is 1.85. The topological polar surface area (TPSA) is 116 Å². The van der Waals surface area contributed by atoms with Crippen LogP contribution in [0.3, 0.4) is 0 Å². The van der Waals surface area contributed by atoms with Crippen molar-refractivity contribution < 1.29 is 47.3 Å². The number of methoxy groups -OCH3 is 1. The zero-order valence-corrected chi connectivity index (χ0v) is 19.5. The van der Waals surface area contributed by atoms with E-state index in [1.54, 1.807) is 55.6 Å². The minimum Gasteiger partial charge on any atom is -0.744 e. The van der Waals surface area contributed by atoms with Gasteiger partial charge in [-0.3, -0.25) is 0 Å². The minimum atomic E-state index is -4.54. The van der Waals surface area contributed by atoms with Crippen LogP contribution < -0.4 is 34.3 Å². The predicted octanol–water partition coefficient (Wildman–Crippen LogP) is 2.74. The van der Waals surface area contributed by atoms with Gasteiger partial charge in [-0.05, 0) is 73.2 Å². The average Bonchev–Trinajstić information content (AvgIpc) is 2.71. The van der Waals surface area contributed by atoms with Gasteiger partial charge in [-0.15, -0.1) is 0 Å². The maximum absolute atomic E-state index is 11.1. The number of hydrogen-bond acceptors (Lipinski definition) is 8. The van der Waals surface area contributed by atoms with E-state index < -0.39 is 10.1 Å². The SMILES string of the molecule is COc1ccc(N=Nc2ccc(N=Nc3cccc(S(=O)(=O)[O-])c3)c(C)c2)cc1.[Na+]. The van der Waals surface area contributed by atoms with Crippen LogP contribution in [0, 0.1) is 6.92 Å². The molecule has 0 aliphatic carbocycles. The largest absolute Gasteiger partial charge is 1.00 e. The molecule has 10 heteroatoms. The van der Waals surface area contributed by atoms with Gasteiger partial charge in [0.2, 0.25) is 0 Å². The van der Waals surface area contributed by atoms with Crippen LogP contribution in [-0.4, -0.2) is 20.1 Å². The number of rotatable bonds is 6. The number of nitrogens with zero attached hydrogens (tertiary/aromatic N) is 4. The van der Waals surface area contributed by atoms with E-state index in [9.17, 15) is 13.0 Å². The van der Waals surface area contributed by atoms with E-state index in [0.717, 1.165) is 11.3 Å². The van der Waals surface area contributed by atoms with Crippen LogP contribution in [0.1, 0.15) is 5.56 Å². The Morgan fingerprint density at radius 2 is 1.40 bits per heavy atom. The van der Waals surface area contributed by atoms with Gasteiger partial charge in [0.25, 0.3) is 0 Å². The summed E-state index contributed by atoms with van der Waals surface area (Å²) >= 11 is 0. The van der Waals surface area contributed by atoms with Crippen molar-refractivity contribution >= 4 is 32.9 Å². The van der Waals surface area contributed by atoms with Crippen LogP contribution in [0.5, 0.6) is 5.75 Å². The Balaban J connectivity index is 0.00000320. The molecule has 0 atom stereocenters. The van der Waals surface area contributed by atoms with Gasteiger partial charge in [-0.2, -0.15) is 20.5 Å². The Labute approximate surface area is 196 Å². The van der Waals surface area contributed by atoms with Crippen molar-refractivity contribution in [2.75, 3.05) is 7.11 Å². The van der Waals surface area contributed by atoms with E-state index in [1.165, 1.54) is 18.2 Å². The summed E-state index contributed by atoms with van der Waals surface area (Å²) in [6.07, 6.45) is 0. The van der Waals surface area contributed by atoms with Gasteiger partial charge in [0, 0.05) is 0 Å². The predicted molar refractivity (Wildman–Crippen MR) is 107 cm³/mol. The van der Waals surface area contributed by atoms with E-state index in [-0.39, 0.29) is 40.1 Å². The van der Waals surface area contributed by atoms with E-state index in [0.29, 0.717) is 17.1 Å². The first kappa shape index (κ1) is 23.8. The van der Waals surface area contributed by atoms with Crippen LogP contribution in [0.2, 0.25) is 0 Å². The normalized spacial score (nSPS) is 11.6. The number of azo groups is 2. The van der Waals surface area contributed by atoms with Crippen molar-refractivity contribution in [3.8, 4) is 5.75 Å². The molecule has 0 fully saturated rings. The summed E-state index contributed by atoms with van der Waals surface area (Å²) in [5.41, 5.74) is 3.01. The smallest absolute Gasteiger partial charge is 0.744 e. The summed E-state index contributed by atoms with van der Waals surface area (Å²) in [7, 11) is -2.94. The molecule has 3 aromatic rings. The van der Waals surface area contributed by atoms with Gasteiger partial charge in [0.05, 0.1) is 34.8 Å². The second-order valence-electron chi connectivity index (χ2n) is 6.02. The molecule has 0 saturated carbocycles. The molecule has 0 bridgehead atoms. The second-order valence-corrected chi connectivity index (χ2v) is 7.40. The van der Waals surface area contributed by atoms with Gasteiger partial charge >= 0.3 is 29.6 Å². The standard InChI is InChI=1S/C20H18N4O4S.Na/c1-14-12-17(22-21-15-6-9-18(28-2)10-7-15)8-11-20(14)24-23-16-4-3-5-19(13-16)29(25,26)27;/h3-13H,1-2H3,(H,25,26,27);/q;+1/p-1. The fourth-order valence-corrected chi connectivity index (χ4v) is 2.90. The summed E-state index contributed by atoms with van der Waals surface area (Å²) < 4.78 is 38.4. The van der Waals surface area contributed by atoms with Crippen LogP contribution >= 0.6 is 0 Å². The van der Waals surface area contributed by atoms with E-state index in [1.807, 2.05) is 6.92 Å². The molecule has 0 amide bonds. The molecule has 3 aromatic carbocycles. The number of ether oxygens (including phenoxy) is 1. The molecule has 3 rings (SSSR count). The molecular weight excluding hydrogens is 415 g/mol. The van der Waals surface area contributed by atoms with Gasteiger partial charge in [-0.1, -0.05) is 6.07 Å². The van der Waals surface area contributed by atoms with Gasteiger partial charge in [-0.25, -0.2) is 8.42 Å². The third-order valence-corrected chi connectivity index (χ3v) is 4.74. The van der Waals surface area contributed by atoms with Crippen molar-refractivity contribution in [1.82, 2.24) is 0 Å². The molecule has 30 heavy (non-hydrogen) atoms. The van der Waals surface area contributed by atoms with Crippen molar-refractivity contribution in [1.29, 1.82) is 0 Å². The Morgan fingerprint density at radius 1 is 0.800 bits per heavy atom. The first-order chi connectivity index (χ1) is 13.8. The Hall–Kier alpha value is -2.43. The van der Waals surface area contributed by atoms with Crippen molar-refractivity contribution in [2.45, 2.75) is 11.8 Å². The van der Waals surface area contributed by atoms with Crippen LogP contribution in [0.4, 0.5) is 22.7 Å². The van der Waals surface area contributed by atoms with Crippen molar-refractivity contribution in [3.63, 3.8) is 0 Å². The number of benzene rings is 3. The molecule has 0 saturated heterocycles. The van der Waals surface area contributed by atoms with Crippen molar-refractivity contribution in [2.24, 2.45) is 20.5 Å². The second kappa shape index (κ2) is 10.6. The molecule has 0 aliphatic heterocycles. The maximum Gasteiger partial charge on any atom is 1.00 e. The summed E-state index contributed by atoms with van der Waals surface area (Å²) in [6, 6.07) is 17.9. The quantitative estimate of drug-likeness (QED) is 0.338. The van der Waals surface area contributed by atoms with Crippen molar-refractivity contribution in [3.05, 3.63) is 72.3 Å². The summed E-state index contributed by atoms with van der Waals surface area (Å²) in [5, 5.41) is 16.5. The third-order valence-electron chi connectivity index (χ3n) is 3.91. The minimum absolute atomic E-state index is 0. The molecule has 148 valence electrons. The first-order valence-corrected chi connectivity index (χ1v) is 9.90. The molecule has 0 spiro atoms. The zero-order chi connectivity index (χ0) is 20.9. The number of hydrogen-bond donors (Lipinski definition) is 0. The molecule has 0 aliphatic rings. The van der Waals surface area contributed by atoms with Crippen LogP contribution in [0.15, 0.2) is 92.1 Å². The van der Waals surface area contributed by atoms with E-state index in [2.05, 4.69) is 20.5 Å². The zero-order valence-electron chi connectivity index (χ0n) is 16.7. The van der Waals surface area contributed by atoms with Gasteiger partial charge in [0.1, 0.15) is 15.9 Å². The third kappa shape index (κ3) is 6.54. The molecular formula is C20H17N4NaO4S. The molecule has 0 heterocycles. The molecule has 0 N–H and O–H groups in total. The van der Waals surface area contributed by atoms with Crippen LogP contribution in [0.25, 0.3) is 0 Å². The van der Waals surface area contributed by atoms with E-state index in [4.69, 9.17) is 4.74 Å². The fraction of sp³-hybridized carbons (Fsp3) is 0.100. The summed E-state index contributed by atoms with van der Waals surface area (Å²) in [5.74, 6) is 0.743. The van der Waals surface area contributed by atoms with E-state index >= 15 is 0 Å². The van der Waals surface area contributed by atoms with Crippen LogP contribution in [-0.2, 0) is 10.1 Å². The summed E-state index contributed by atoms with van der Waals surface area (Å²) in [4.78, 5) is -0.347. The van der Waals surface area contributed by atoms with Gasteiger partial charge < -0.3 is 9.29 Å². The Kier molecular flexibility index (Phi) is 8.39. The number of aryl methyl sites for hydroxylation is 1. The molecule has 0 aromatic heterocycles.